The molecule has 14 rings (SSSR count). The highest BCUT2D eigenvalue weighted by Gasteiger charge is 2.64. The van der Waals surface area contributed by atoms with Crippen molar-refractivity contribution in [3.8, 4) is 33.4 Å². The van der Waals surface area contributed by atoms with Crippen molar-refractivity contribution in [1.82, 2.24) is 0 Å². The number of hydrogen-bond donors (Lipinski definition) is 0. The van der Waals surface area contributed by atoms with Crippen molar-refractivity contribution in [2.45, 2.75) is 42.9 Å². The molecule has 0 unspecified atom stereocenters. The van der Waals surface area contributed by atoms with Crippen molar-refractivity contribution in [3.05, 3.63) is 234 Å². The van der Waals surface area contributed by atoms with Gasteiger partial charge in [-0.25, -0.2) is 0 Å². The van der Waals surface area contributed by atoms with Gasteiger partial charge in [-0.05, 0) is 159 Å². The highest BCUT2D eigenvalue weighted by molar-refractivity contribution is 5.90. The number of anilines is 3. The van der Waals surface area contributed by atoms with E-state index in [1.54, 1.807) is 11.1 Å². The van der Waals surface area contributed by atoms with Crippen LogP contribution in [0.2, 0.25) is 0 Å². The molecule has 8 aromatic carbocycles. The summed E-state index contributed by atoms with van der Waals surface area (Å²) < 4.78 is 0. The van der Waals surface area contributed by atoms with Crippen molar-refractivity contribution in [2.24, 2.45) is 23.7 Å². The third-order valence-electron chi connectivity index (χ3n) is 15.7. The molecule has 60 heavy (non-hydrogen) atoms. The van der Waals surface area contributed by atoms with Crippen LogP contribution in [0.1, 0.15) is 65.5 Å². The fraction of sp³-hybridized carbons (Fsp3) is 0.186. The van der Waals surface area contributed by atoms with E-state index in [1.165, 1.54) is 105 Å². The summed E-state index contributed by atoms with van der Waals surface area (Å²) in [6.45, 7) is 0. The number of benzene rings is 8. The maximum Gasteiger partial charge on any atom is 0.0719 e. The molecule has 4 fully saturated rings. The topological polar surface area (TPSA) is 3.24 Å². The van der Waals surface area contributed by atoms with Crippen molar-refractivity contribution in [2.75, 3.05) is 4.90 Å². The lowest BCUT2D eigenvalue weighted by Crippen LogP contribution is -2.59. The molecule has 0 radical (unpaired) electrons. The maximum absolute atomic E-state index is 2.69. The van der Waals surface area contributed by atoms with E-state index < -0.39 is 5.41 Å². The van der Waals surface area contributed by atoms with Gasteiger partial charge in [0.15, 0.2) is 0 Å². The Morgan fingerprint density at radius 3 is 1.23 bits per heavy atom. The molecule has 1 heteroatoms. The molecule has 0 saturated heterocycles. The van der Waals surface area contributed by atoms with E-state index in [-0.39, 0.29) is 5.41 Å². The highest BCUT2D eigenvalue weighted by Crippen LogP contribution is 2.71. The lowest BCUT2D eigenvalue weighted by atomic mass is 9.38. The van der Waals surface area contributed by atoms with Crippen molar-refractivity contribution in [1.29, 1.82) is 0 Å². The summed E-state index contributed by atoms with van der Waals surface area (Å²) in [6.07, 6.45) is 6.81. The van der Waals surface area contributed by atoms with Crippen molar-refractivity contribution in [3.63, 3.8) is 0 Å². The van der Waals surface area contributed by atoms with Crippen LogP contribution in [0.15, 0.2) is 200 Å². The van der Waals surface area contributed by atoms with Crippen LogP contribution < -0.4 is 4.90 Å². The predicted octanol–water partition coefficient (Wildman–Crippen LogP) is 14.9. The van der Waals surface area contributed by atoms with Gasteiger partial charge in [0, 0.05) is 22.5 Å². The first-order valence-electron chi connectivity index (χ1n) is 22.3. The second-order valence-corrected chi connectivity index (χ2v) is 18.5. The number of hydrogen-bond acceptors (Lipinski definition) is 1. The Kier molecular flexibility index (Phi) is 7.48. The fourth-order valence-electron chi connectivity index (χ4n) is 13.7. The predicted molar refractivity (Wildman–Crippen MR) is 247 cm³/mol. The number of rotatable bonds is 5. The van der Waals surface area contributed by atoms with E-state index in [0.717, 1.165) is 11.8 Å². The molecule has 4 saturated carbocycles. The van der Waals surface area contributed by atoms with E-state index in [4.69, 9.17) is 0 Å². The smallest absolute Gasteiger partial charge is 0.0719 e. The van der Waals surface area contributed by atoms with Crippen LogP contribution in [-0.4, -0.2) is 0 Å². The fourth-order valence-corrected chi connectivity index (χ4v) is 13.7. The first-order chi connectivity index (χ1) is 29.7. The first-order valence-corrected chi connectivity index (χ1v) is 22.3. The van der Waals surface area contributed by atoms with Gasteiger partial charge < -0.3 is 4.90 Å². The third kappa shape index (κ3) is 4.69. The van der Waals surface area contributed by atoms with Gasteiger partial charge >= 0.3 is 0 Å². The average Bonchev–Trinajstić information content (AvgIpc) is 3.60. The van der Waals surface area contributed by atoms with Gasteiger partial charge in [-0.3, -0.25) is 0 Å². The van der Waals surface area contributed by atoms with Crippen LogP contribution in [0, 0.1) is 23.7 Å². The normalized spacial score (nSPS) is 23.2. The number of fused-ring (bicyclic) bond motifs is 9. The van der Waals surface area contributed by atoms with Crippen LogP contribution in [0.4, 0.5) is 17.1 Å². The maximum atomic E-state index is 2.69. The van der Waals surface area contributed by atoms with Crippen LogP contribution in [0.25, 0.3) is 33.4 Å². The molecule has 6 aliphatic rings. The molecule has 0 atom stereocenters. The zero-order valence-corrected chi connectivity index (χ0v) is 33.8. The minimum absolute atomic E-state index is 0.0346. The van der Waals surface area contributed by atoms with Crippen LogP contribution >= 0.6 is 0 Å². The zero-order valence-electron chi connectivity index (χ0n) is 33.8. The van der Waals surface area contributed by atoms with Crippen molar-refractivity contribution < 1.29 is 0 Å². The lowest BCUT2D eigenvalue weighted by molar-refractivity contribution is -0.0440. The van der Waals surface area contributed by atoms with Crippen LogP contribution in [0.5, 0.6) is 0 Å². The van der Waals surface area contributed by atoms with Gasteiger partial charge in [0.25, 0.3) is 0 Å². The molecule has 0 heterocycles. The Hall–Kier alpha value is -6.44. The summed E-state index contributed by atoms with van der Waals surface area (Å²) in [5, 5.41) is 0. The molecule has 288 valence electrons. The summed E-state index contributed by atoms with van der Waals surface area (Å²) in [5.74, 6) is 3.00. The summed E-state index contributed by atoms with van der Waals surface area (Å²) in [4.78, 5) is 2.53. The van der Waals surface area contributed by atoms with Gasteiger partial charge in [0.2, 0.25) is 0 Å². The Bertz CT molecular complexity index is 2770. The molecule has 8 aromatic rings. The molecule has 1 nitrogen and oxygen atoms in total. The second kappa shape index (κ2) is 13.0. The molecule has 0 aromatic heterocycles. The van der Waals surface area contributed by atoms with Crippen LogP contribution in [0.3, 0.4) is 0 Å². The largest absolute Gasteiger partial charge is 0.310 e. The third-order valence-corrected chi connectivity index (χ3v) is 15.7. The Morgan fingerprint density at radius 1 is 0.317 bits per heavy atom. The minimum atomic E-state index is -0.392. The van der Waals surface area contributed by atoms with Crippen LogP contribution in [-0.2, 0) is 10.8 Å². The Balaban J connectivity index is 1.07. The molecule has 0 amide bonds. The summed E-state index contributed by atoms with van der Waals surface area (Å²) in [7, 11) is 0. The molecular formula is C59H47N. The van der Waals surface area contributed by atoms with Gasteiger partial charge in [-0.1, -0.05) is 164 Å². The van der Waals surface area contributed by atoms with Gasteiger partial charge in [-0.15, -0.1) is 0 Å². The van der Waals surface area contributed by atoms with Gasteiger partial charge in [0.05, 0.1) is 5.41 Å². The summed E-state index contributed by atoms with van der Waals surface area (Å²) >= 11 is 0. The van der Waals surface area contributed by atoms with E-state index >= 15 is 0 Å². The first kappa shape index (κ1) is 34.4. The molecule has 0 N–H and O–H groups in total. The van der Waals surface area contributed by atoms with E-state index in [2.05, 4.69) is 205 Å². The summed E-state index contributed by atoms with van der Waals surface area (Å²) in [6, 6.07) is 76.1. The summed E-state index contributed by atoms with van der Waals surface area (Å²) in [5.41, 5.74) is 19.9. The van der Waals surface area contributed by atoms with Gasteiger partial charge in [0.1, 0.15) is 0 Å². The SMILES string of the molecule is c1ccc(-c2ccc(N(c3ccc(-c4ccccc4)cc3)c3ccc4c(c3)C3(c5ccccc5C45c4ccccc4-c4ccccc45)C4CC5CC(C4)CC3C5)cc2)cc1. The second-order valence-electron chi connectivity index (χ2n) is 18.5. The average molecular weight is 770 g/mol. The Morgan fingerprint density at radius 2 is 0.717 bits per heavy atom. The molecule has 6 aliphatic carbocycles. The quantitative estimate of drug-likeness (QED) is 0.169. The molecule has 2 spiro atoms. The highest BCUT2D eigenvalue weighted by atomic mass is 15.1. The monoisotopic (exact) mass is 769 g/mol. The Labute approximate surface area is 354 Å². The zero-order chi connectivity index (χ0) is 39.4. The number of nitrogens with zero attached hydrogens (tertiary/aromatic N) is 1. The molecule has 4 bridgehead atoms. The standard InChI is InChI=1S/C59H47N/c1-3-13-41(14-4-1)43-23-27-47(28-24-43)60(48-29-25-44(26-30-48)42-15-5-2-6-16-42)49-31-32-56-57(38-49)58(45-34-39-33-40(36-45)37-46(58)35-39)54-21-11-12-22-55(54)59(56)52-19-9-7-17-50(52)51-18-8-10-20-53(51)59/h1-32,38-40,45-46H,33-37H2. The van der Waals surface area contributed by atoms with E-state index in [9.17, 15) is 0 Å². The van der Waals surface area contributed by atoms with E-state index in [1.807, 2.05) is 0 Å². The molecule has 0 aliphatic heterocycles. The molecular weight excluding hydrogens is 723 g/mol. The van der Waals surface area contributed by atoms with E-state index in [0.29, 0.717) is 11.8 Å². The van der Waals surface area contributed by atoms with Crippen molar-refractivity contribution >= 4 is 17.1 Å². The lowest BCUT2D eigenvalue weighted by Gasteiger charge is -2.65. The van der Waals surface area contributed by atoms with Gasteiger partial charge in [-0.2, -0.15) is 0 Å². The minimum Gasteiger partial charge on any atom is -0.310 e.